The third-order valence-corrected chi connectivity index (χ3v) is 6.80. The Morgan fingerprint density at radius 1 is 0.355 bits per heavy atom. The lowest BCUT2D eigenvalue weighted by molar-refractivity contribution is -0.697. The molecule has 0 saturated carbocycles. The summed E-state index contributed by atoms with van der Waals surface area (Å²) in [5, 5.41) is 0. The molecule has 180 valence electrons. The van der Waals surface area contributed by atoms with Gasteiger partial charge in [0.05, 0.1) is 0 Å². The van der Waals surface area contributed by atoms with Gasteiger partial charge in [0.25, 0.3) is 0 Å². The van der Waals surface area contributed by atoms with Crippen molar-refractivity contribution < 1.29 is 4.57 Å². The summed E-state index contributed by atoms with van der Waals surface area (Å²) in [7, 11) is 0. The van der Waals surface area contributed by atoms with E-state index in [0.29, 0.717) is 0 Å². The van der Waals surface area contributed by atoms with E-state index < -0.39 is 0 Å². The molecule has 0 fully saturated rings. The first-order valence-electron chi connectivity index (χ1n) is 14.4. The Morgan fingerprint density at radius 3 is 0.968 bits per heavy atom. The summed E-state index contributed by atoms with van der Waals surface area (Å²) in [6, 6.07) is 6.34. The normalized spacial score (nSPS) is 11.3. The van der Waals surface area contributed by atoms with Crippen LogP contribution in [0.5, 0.6) is 0 Å². The molecule has 1 heteroatoms. The minimum atomic E-state index is 1.18. The van der Waals surface area contributed by atoms with Gasteiger partial charge >= 0.3 is 0 Å². The Balaban J connectivity index is 1.65. The van der Waals surface area contributed by atoms with Crippen molar-refractivity contribution in [2.45, 2.75) is 161 Å². The first-order chi connectivity index (χ1) is 15.4. The highest BCUT2D eigenvalue weighted by Gasteiger charge is 1.98. The monoisotopic (exact) mass is 430 g/mol. The molecule has 0 radical (unpaired) electrons. The van der Waals surface area contributed by atoms with E-state index in [1.54, 1.807) is 0 Å². The highest BCUT2D eigenvalue weighted by atomic mass is 14.9. The van der Waals surface area contributed by atoms with E-state index in [1.165, 1.54) is 154 Å². The average Bonchev–Trinajstić information content (AvgIpc) is 2.80. The molecular weight excluding hydrogens is 374 g/mol. The standard InChI is InChI=1S/C30H56N/c1-2-3-4-5-6-7-8-9-10-11-12-13-14-15-16-17-18-19-20-21-22-23-25-28-31-29-26-24-27-30-31/h24,26-27,29-30H,2-23,25,28H2,1H3/q+1. The van der Waals surface area contributed by atoms with Crippen LogP contribution >= 0.6 is 0 Å². The van der Waals surface area contributed by atoms with Crippen molar-refractivity contribution in [3.8, 4) is 0 Å². The van der Waals surface area contributed by atoms with Crippen molar-refractivity contribution in [2.75, 3.05) is 0 Å². The molecule has 31 heavy (non-hydrogen) atoms. The molecule has 1 aromatic rings. The maximum atomic E-state index is 2.30. The zero-order valence-corrected chi connectivity index (χ0v) is 21.3. The second kappa shape index (κ2) is 23.8. The van der Waals surface area contributed by atoms with E-state index in [1.807, 2.05) is 0 Å². The Morgan fingerprint density at radius 2 is 0.645 bits per heavy atom. The van der Waals surface area contributed by atoms with E-state index in [2.05, 4.69) is 42.1 Å². The van der Waals surface area contributed by atoms with Crippen LogP contribution in [0, 0.1) is 0 Å². The highest BCUT2D eigenvalue weighted by molar-refractivity contribution is 4.83. The molecule has 1 rings (SSSR count). The van der Waals surface area contributed by atoms with Gasteiger partial charge in [-0.15, -0.1) is 0 Å². The predicted molar refractivity (Wildman–Crippen MR) is 139 cm³/mol. The van der Waals surface area contributed by atoms with Gasteiger partial charge in [-0.25, -0.2) is 4.57 Å². The molecule has 0 amide bonds. The van der Waals surface area contributed by atoms with Crippen molar-refractivity contribution in [3.63, 3.8) is 0 Å². The third-order valence-electron chi connectivity index (χ3n) is 6.80. The summed E-state index contributed by atoms with van der Waals surface area (Å²) >= 11 is 0. The second-order valence-electron chi connectivity index (χ2n) is 9.89. The SMILES string of the molecule is CCCCCCCCCCCCCCCCCCCCCCCCC[n+]1ccccc1. The molecule has 1 heterocycles. The Bertz CT molecular complexity index is 441. The quantitative estimate of drug-likeness (QED) is 0.113. The summed E-state index contributed by atoms with van der Waals surface area (Å²) < 4.78 is 2.30. The molecule has 1 nitrogen and oxygen atoms in total. The molecule has 0 aromatic carbocycles. The zero-order chi connectivity index (χ0) is 22.1. The molecule has 0 N–H and O–H groups in total. The van der Waals surface area contributed by atoms with Gasteiger partial charge in [0.15, 0.2) is 12.4 Å². The van der Waals surface area contributed by atoms with Crippen LogP contribution in [0.2, 0.25) is 0 Å². The van der Waals surface area contributed by atoms with Crippen molar-refractivity contribution in [1.82, 2.24) is 0 Å². The number of hydrogen-bond acceptors (Lipinski definition) is 0. The smallest absolute Gasteiger partial charge is 0.168 e. The van der Waals surface area contributed by atoms with E-state index in [4.69, 9.17) is 0 Å². The largest absolute Gasteiger partial charge is 0.205 e. The molecule has 0 aliphatic rings. The Kier molecular flexibility index (Phi) is 21.6. The van der Waals surface area contributed by atoms with Crippen molar-refractivity contribution in [1.29, 1.82) is 0 Å². The van der Waals surface area contributed by atoms with Gasteiger partial charge in [-0.05, 0) is 6.42 Å². The van der Waals surface area contributed by atoms with Crippen molar-refractivity contribution in [3.05, 3.63) is 30.6 Å². The first-order valence-corrected chi connectivity index (χ1v) is 14.4. The number of hydrogen-bond donors (Lipinski definition) is 0. The number of unbranched alkanes of at least 4 members (excludes halogenated alkanes) is 22. The van der Waals surface area contributed by atoms with Crippen LogP contribution in [0.15, 0.2) is 30.6 Å². The topological polar surface area (TPSA) is 3.88 Å². The lowest BCUT2D eigenvalue weighted by Gasteiger charge is -2.04. The summed E-state index contributed by atoms with van der Waals surface area (Å²) in [4.78, 5) is 0. The predicted octanol–water partition coefficient (Wildman–Crippen LogP) is 9.97. The van der Waals surface area contributed by atoms with Crippen LogP contribution < -0.4 is 4.57 Å². The van der Waals surface area contributed by atoms with Crippen LogP contribution in [0.1, 0.15) is 155 Å². The van der Waals surface area contributed by atoms with Crippen LogP contribution in [-0.2, 0) is 6.54 Å². The van der Waals surface area contributed by atoms with Gasteiger partial charge in [0.1, 0.15) is 6.54 Å². The van der Waals surface area contributed by atoms with Gasteiger partial charge in [-0.1, -0.05) is 148 Å². The lowest BCUT2D eigenvalue weighted by Crippen LogP contribution is -2.32. The summed E-state index contributed by atoms with van der Waals surface area (Å²) in [6.07, 6.45) is 37.9. The van der Waals surface area contributed by atoms with Crippen molar-refractivity contribution in [2.24, 2.45) is 0 Å². The van der Waals surface area contributed by atoms with E-state index in [0.717, 1.165) is 0 Å². The van der Waals surface area contributed by atoms with Crippen molar-refractivity contribution >= 4 is 0 Å². The molecule has 0 saturated heterocycles. The summed E-state index contributed by atoms with van der Waals surface area (Å²) in [5.41, 5.74) is 0. The number of rotatable bonds is 24. The van der Waals surface area contributed by atoms with E-state index >= 15 is 0 Å². The Hall–Kier alpha value is -0.850. The van der Waals surface area contributed by atoms with Crippen LogP contribution in [0.4, 0.5) is 0 Å². The third kappa shape index (κ3) is 20.8. The summed E-state index contributed by atoms with van der Waals surface area (Å²) in [6.45, 7) is 3.48. The molecule has 0 bridgehead atoms. The fraction of sp³-hybridized carbons (Fsp3) is 0.833. The molecule has 0 spiro atoms. The molecule has 0 aliphatic carbocycles. The van der Waals surface area contributed by atoms with E-state index in [-0.39, 0.29) is 0 Å². The molecule has 0 unspecified atom stereocenters. The first kappa shape index (κ1) is 28.2. The van der Waals surface area contributed by atoms with Gasteiger partial charge in [0.2, 0.25) is 0 Å². The van der Waals surface area contributed by atoms with Gasteiger partial charge in [-0.2, -0.15) is 0 Å². The zero-order valence-electron chi connectivity index (χ0n) is 21.3. The molecular formula is C30H56N+. The molecule has 1 aromatic heterocycles. The van der Waals surface area contributed by atoms with Crippen LogP contribution in [0.3, 0.4) is 0 Å². The molecule has 0 atom stereocenters. The van der Waals surface area contributed by atoms with Crippen LogP contribution in [-0.4, -0.2) is 0 Å². The lowest BCUT2D eigenvalue weighted by atomic mass is 10.0. The van der Waals surface area contributed by atoms with Gasteiger partial charge < -0.3 is 0 Å². The van der Waals surface area contributed by atoms with E-state index in [9.17, 15) is 0 Å². The number of aromatic nitrogens is 1. The molecule has 0 aliphatic heterocycles. The Labute approximate surface area is 196 Å². The highest BCUT2D eigenvalue weighted by Crippen LogP contribution is 2.15. The number of nitrogens with zero attached hydrogens (tertiary/aromatic N) is 1. The van der Waals surface area contributed by atoms with Gasteiger partial charge in [0, 0.05) is 18.6 Å². The second-order valence-corrected chi connectivity index (χ2v) is 9.89. The fourth-order valence-corrected chi connectivity index (χ4v) is 4.66. The maximum absolute atomic E-state index is 2.30. The number of pyridine rings is 1. The minimum Gasteiger partial charge on any atom is -0.205 e. The fourth-order valence-electron chi connectivity index (χ4n) is 4.66. The number of aryl methyl sites for hydroxylation is 1. The van der Waals surface area contributed by atoms with Gasteiger partial charge in [-0.3, -0.25) is 0 Å². The maximum Gasteiger partial charge on any atom is 0.168 e. The minimum absolute atomic E-state index is 1.18. The average molecular weight is 431 g/mol. The summed E-state index contributed by atoms with van der Waals surface area (Å²) in [5.74, 6) is 0. The van der Waals surface area contributed by atoms with Crippen LogP contribution in [0.25, 0.3) is 0 Å².